The van der Waals surface area contributed by atoms with Crippen LogP contribution in [0.2, 0.25) is 10.0 Å². The standard InChI is InChI=1S/C21H20Cl2N2O4/c1-4-15(26)25-7-11-5-6-12(14-9-24-8-13(11)14)19(27)16-10(2)17(22)21(29-3)18(23)20(16)28/h4-6,24,28H,1,7-9H2,2-3H3,(H,25,26). The van der Waals surface area contributed by atoms with Gasteiger partial charge in [0.1, 0.15) is 10.8 Å². The maximum atomic E-state index is 13.3. The average Bonchev–Trinajstić information content (AvgIpc) is 3.21. The first-order valence-corrected chi connectivity index (χ1v) is 9.61. The third kappa shape index (κ3) is 3.71. The van der Waals surface area contributed by atoms with E-state index in [0.717, 1.165) is 16.7 Å². The monoisotopic (exact) mass is 434 g/mol. The number of hydrogen-bond donors (Lipinski definition) is 3. The average molecular weight is 435 g/mol. The number of phenolic OH excluding ortho intramolecular Hbond substituents is 1. The van der Waals surface area contributed by atoms with Crippen LogP contribution in [0, 0.1) is 6.92 Å². The number of fused-ring (bicyclic) bond motifs is 1. The Morgan fingerprint density at radius 3 is 2.62 bits per heavy atom. The lowest BCUT2D eigenvalue weighted by Crippen LogP contribution is -2.21. The van der Waals surface area contributed by atoms with Crippen LogP contribution in [0.4, 0.5) is 0 Å². The van der Waals surface area contributed by atoms with E-state index < -0.39 is 0 Å². The lowest BCUT2D eigenvalue weighted by molar-refractivity contribution is -0.116. The van der Waals surface area contributed by atoms with Crippen LogP contribution in [0.1, 0.15) is 38.2 Å². The zero-order chi connectivity index (χ0) is 21.3. The summed E-state index contributed by atoms with van der Waals surface area (Å²) >= 11 is 12.5. The first-order valence-electron chi connectivity index (χ1n) is 8.85. The highest BCUT2D eigenvalue weighted by molar-refractivity contribution is 6.40. The van der Waals surface area contributed by atoms with Crippen molar-refractivity contribution in [3.05, 3.63) is 68.2 Å². The smallest absolute Gasteiger partial charge is 0.243 e. The minimum Gasteiger partial charge on any atom is -0.505 e. The molecule has 0 atom stereocenters. The number of aromatic hydroxyl groups is 1. The second kappa shape index (κ2) is 8.45. The molecule has 3 N–H and O–H groups in total. The Morgan fingerprint density at radius 1 is 1.28 bits per heavy atom. The minimum absolute atomic E-state index is 0.0441. The van der Waals surface area contributed by atoms with E-state index in [2.05, 4.69) is 17.2 Å². The summed E-state index contributed by atoms with van der Waals surface area (Å²) in [6.45, 7) is 6.47. The van der Waals surface area contributed by atoms with E-state index in [1.165, 1.54) is 13.2 Å². The summed E-state index contributed by atoms with van der Waals surface area (Å²) in [6.07, 6.45) is 1.21. The molecule has 0 saturated heterocycles. The fraction of sp³-hybridized carbons (Fsp3) is 0.238. The third-order valence-electron chi connectivity index (χ3n) is 4.99. The molecule has 0 aliphatic carbocycles. The summed E-state index contributed by atoms with van der Waals surface area (Å²) < 4.78 is 5.14. The topological polar surface area (TPSA) is 87.7 Å². The van der Waals surface area contributed by atoms with Gasteiger partial charge in [-0.2, -0.15) is 0 Å². The van der Waals surface area contributed by atoms with Crippen LogP contribution in [-0.4, -0.2) is 23.9 Å². The van der Waals surface area contributed by atoms with E-state index >= 15 is 0 Å². The Morgan fingerprint density at radius 2 is 1.97 bits per heavy atom. The third-order valence-corrected chi connectivity index (χ3v) is 5.80. The molecule has 6 nitrogen and oxygen atoms in total. The molecule has 29 heavy (non-hydrogen) atoms. The van der Waals surface area contributed by atoms with Gasteiger partial charge >= 0.3 is 0 Å². The van der Waals surface area contributed by atoms with Crippen LogP contribution in [0.15, 0.2) is 24.8 Å². The summed E-state index contributed by atoms with van der Waals surface area (Å²) in [4.78, 5) is 24.8. The maximum absolute atomic E-state index is 13.3. The Kier molecular flexibility index (Phi) is 6.17. The van der Waals surface area contributed by atoms with Gasteiger partial charge < -0.3 is 20.5 Å². The largest absolute Gasteiger partial charge is 0.505 e. The Bertz CT molecular complexity index is 1010. The lowest BCUT2D eigenvalue weighted by atomic mass is 9.91. The number of carbonyl (C=O) groups excluding carboxylic acids is 2. The number of ether oxygens (including phenoxy) is 1. The van der Waals surface area contributed by atoms with Crippen molar-refractivity contribution in [2.75, 3.05) is 7.11 Å². The molecule has 1 aliphatic heterocycles. The van der Waals surface area contributed by atoms with Gasteiger partial charge in [0.25, 0.3) is 0 Å². The number of amides is 1. The molecule has 0 spiro atoms. The predicted octanol–water partition coefficient (Wildman–Crippen LogP) is 3.65. The molecule has 1 aliphatic rings. The molecule has 0 aromatic heterocycles. The van der Waals surface area contributed by atoms with Crippen LogP contribution >= 0.6 is 23.2 Å². The van der Waals surface area contributed by atoms with Gasteiger partial charge in [0.2, 0.25) is 5.91 Å². The lowest BCUT2D eigenvalue weighted by Gasteiger charge is -2.17. The number of ketones is 1. The maximum Gasteiger partial charge on any atom is 0.243 e. The molecular formula is C21H20Cl2N2O4. The van der Waals surface area contributed by atoms with E-state index in [1.54, 1.807) is 19.1 Å². The van der Waals surface area contributed by atoms with E-state index in [0.29, 0.717) is 30.8 Å². The highest BCUT2D eigenvalue weighted by atomic mass is 35.5. The number of carbonyl (C=O) groups is 2. The summed E-state index contributed by atoms with van der Waals surface area (Å²) in [5.74, 6) is -0.890. The number of halogens is 2. The second-order valence-electron chi connectivity index (χ2n) is 6.59. The van der Waals surface area contributed by atoms with Gasteiger partial charge in [-0.25, -0.2) is 0 Å². The molecule has 2 aromatic carbocycles. The molecule has 0 fully saturated rings. The second-order valence-corrected chi connectivity index (χ2v) is 7.35. The molecule has 152 valence electrons. The van der Waals surface area contributed by atoms with Crippen molar-refractivity contribution in [3.63, 3.8) is 0 Å². The van der Waals surface area contributed by atoms with Crippen molar-refractivity contribution in [2.45, 2.75) is 26.6 Å². The number of hydrogen-bond acceptors (Lipinski definition) is 5. The molecule has 0 saturated carbocycles. The highest BCUT2D eigenvalue weighted by Gasteiger charge is 2.29. The Hall–Kier alpha value is -2.54. The summed E-state index contributed by atoms with van der Waals surface area (Å²) in [7, 11) is 1.38. The molecule has 3 rings (SSSR count). The molecule has 0 unspecified atom stereocenters. The number of methoxy groups -OCH3 is 1. The van der Waals surface area contributed by atoms with Crippen LogP contribution in [0.25, 0.3) is 0 Å². The quantitative estimate of drug-likeness (QED) is 0.476. The molecule has 8 heteroatoms. The zero-order valence-corrected chi connectivity index (χ0v) is 17.5. The van der Waals surface area contributed by atoms with Crippen molar-refractivity contribution in [1.29, 1.82) is 0 Å². The van der Waals surface area contributed by atoms with Gasteiger partial charge in [-0.1, -0.05) is 41.9 Å². The number of benzene rings is 2. The summed E-state index contributed by atoms with van der Waals surface area (Å²) in [5.41, 5.74) is 3.55. The predicted molar refractivity (Wildman–Crippen MR) is 112 cm³/mol. The molecule has 1 heterocycles. The fourth-order valence-corrected chi connectivity index (χ4v) is 4.05. The number of rotatable bonds is 6. The van der Waals surface area contributed by atoms with Crippen LogP contribution < -0.4 is 15.4 Å². The van der Waals surface area contributed by atoms with Crippen molar-refractivity contribution in [1.82, 2.24) is 10.6 Å². The van der Waals surface area contributed by atoms with Gasteiger partial charge in [0.05, 0.1) is 17.7 Å². The first-order chi connectivity index (χ1) is 13.8. The van der Waals surface area contributed by atoms with Crippen molar-refractivity contribution >= 4 is 34.9 Å². The van der Waals surface area contributed by atoms with Gasteiger partial charge in [-0.05, 0) is 35.3 Å². The van der Waals surface area contributed by atoms with Crippen LogP contribution in [0.5, 0.6) is 11.5 Å². The van der Waals surface area contributed by atoms with Gasteiger partial charge in [-0.15, -0.1) is 0 Å². The van der Waals surface area contributed by atoms with Crippen LogP contribution in [0.3, 0.4) is 0 Å². The van der Waals surface area contributed by atoms with Crippen molar-refractivity contribution in [3.8, 4) is 11.5 Å². The number of nitrogens with one attached hydrogen (secondary N) is 2. The van der Waals surface area contributed by atoms with Gasteiger partial charge in [-0.3, -0.25) is 9.59 Å². The van der Waals surface area contributed by atoms with E-state index in [4.69, 9.17) is 27.9 Å². The van der Waals surface area contributed by atoms with E-state index in [9.17, 15) is 14.7 Å². The van der Waals surface area contributed by atoms with Gasteiger partial charge in [0.15, 0.2) is 11.5 Å². The van der Waals surface area contributed by atoms with Crippen LogP contribution in [-0.2, 0) is 24.4 Å². The SMILES string of the molecule is C=CC(=O)NCc1ccc(C(=O)c2c(C)c(Cl)c(OC)c(Cl)c2O)c2c1CNC2. The van der Waals surface area contributed by atoms with E-state index in [-0.39, 0.29) is 38.8 Å². The van der Waals surface area contributed by atoms with E-state index in [1.807, 2.05) is 0 Å². The zero-order valence-electron chi connectivity index (χ0n) is 16.0. The summed E-state index contributed by atoms with van der Waals surface area (Å²) in [5, 5.41) is 16.6. The summed E-state index contributed by atoms with van der Waals surface area (Å²) in [6, 6.07) is 3.48. The fourth-order valence-electron chi connectivity index (χ4n) is 3.47. The highest BCUT2D eigenvalue weighted by Crippen LogP contribution is 2.45. The Balaban J connectivity index is 2.07. The van der Waals surface area contributed by atoms with Gasteiger partial charge in [0, 0.05) is 25.2 Å². The normalized spacial score (nSPS) is 12.4. The molecule has 0 bridgehead atoms. The van der Waals surface area contributed by atoms with Crippen molar-refractivity contribution in [2.24, 2.45) is 0 Å². The number of phenols is 1. The Labute approximate surface area is 178 Å². The molecule has 0 radical (unpaired) electrons. The molecular weight excluding hydrogens is 415 g/mol. The minimum atomic E-state index is -0.381. The molecule has 1 amide bonds. The van der Waals surface area contributed by atoms with Crippen molar-refractivity contribution < 1.29 is 19.4 Å². The first kappa shape index (κ1) is 21.2. The molecule has 2 aromatic rings.